The van der Waals surface area contributed by atoms with Gasteiger partial charge in [0.1, 0.15) is 22.8 Å². The van der Waals surface area contributed by atoms with Crippen LogP contribution < -0.4 is 0 Å². The van der Waals surface area contributed by atoms with E-state index >= 15 is 0 Å². The fourth-order valence-corrected chi connectivity index (χ4v) is 3.23. The van der Waals surface area contributed by atoms with Crippen molar-refractivity contribution in [3.8, 4) is 0 Å². The smallest absolute Gasteiger partial charge is 0.128 e. The Bertz CT molecular complexity index is 562. The molecular formula is C16H14O4S. The molecule has 5 heteroatoms. The average Bonchev–Trinajstić information content (AvgIpc) is 2.54. The van der Waals surface area contributed by atoms with Crippen molar-refractivity contribution < 1.29 is 19.8 Å². The standard InChI is InChI=1S/C16H14O4S/c17-9-11-5-1-3-7-13(11)15(19)21-16(20)14-8-4-2-6-12(14)10-18/h1-8,13-16,19-20H. The topological polar surface area (TPSA) is 74.6 Å². The highest BCUT2D eigenvalue weighted by molar-refractivity contribution is 8.00. The number of hydrogen-bond donors (Lipinski definition) is 2. The lowest BCUT2D eigenvalue weighted by atomic mass is 9.96. The van der Waals surface area contributed by atoms with E-state index in [0.717, 1.165) is 11.8 Å². The fraction of sp³-hybridized carbons (Fsp3) is 0.250. The van der Waals surface area contributed by atoms with Crippen molar-refractivity contribution in [1.29, 1.82) is 0 Å². The molecule has 4 nitrogen and oxygen atoms in total. The monoisotopic (exact) mass is 302 g/mol. The highest BCUT2D eigenvalue weighted by Crippen LogP contribution is 2.34. The number of rotatable bonds is 4. The molecule has 0 fully saturated rings. The van der Waals surface area contributed by atoms with E-state index in [1.165, 1.54) is 0 Å². The molecule has 2 aliphatic carbocycles. The molecule has 0 saturated carbocycles. The average molecular weight is 302 g/mol. The molecule has 2 N–H and O–H groups in total. The third kappa shape index (κ3) is 3.61. The maximum absolute atomic E-state index is 10.9. The second-order valence-corrected chi connectivity index (χ2v) is 5.81. The zero-order valence-electron chi connectivity index (χ0n) is 11.0. The normalized spacial score (nSPS) is 26.4. The van der Waals surface area contributed by atoms with E-state index in [1.54, 1.807) is 60.5 Å². The Kier molecular flexibility index (Phi) is 5.34. The number of aliphatic hydroxyl groups is 2. The Morgan fingerprint density at radius 1 is 0.857 bits per heavy atom. The van der Waals surface area contributed by atoms with E-state index in [0.29, 0.717) is 11.1 Å². The van der Waals surface area contributed by atoms with Crippen LogP contribution in [-0.2, 0) is 9.59 Å². The quantitative estimate of drug-likeness (QED) is 0.606. The maximum atomic E-state index is 10.9. The van der Waals surface area contributed by atoms with E-state index in [1.807, 2.05) is 0 Å². The van der Waals surface area contributed by atoms with Crippen LogP contribution in [-0.4, -0.2) is 33.0 Å². The number of allylic oxidation sites excluding steroid dienone is 6. The van der Waals surface area contributed by atoms with Gasteiger partial charge in [-0.1, -0.05) is 48.2 Å². The molecule has 0 aromatic carbocycles. The van der Waals surface area contributed by atoms with Crippen LogP contribution >= 0.6 is 11.8 Å². The van der Waals surface area contributed by atoms with Crippen molar-refractivity contribution >= 4 is 23.6 Å². The highest BCUT2D eigenvalue weighted by atomic mass is 32.2. The van der Waals surface area contributed by atoms with Gasteiger partial charge in [0, 0.05) is 23.0 Å². The number of thioether (sulfide) groups is 1. The van der Waals surface area contributed by atoms with E-state index in [9.17, 15) is 19.8 Å². The molecule has 0 aromatic rings. The summed E-state index contributed by atoms with van der Waals surface area (Å²) in [5, 5.41) is 20.4. The first kappa shape index (κ1) is 15.5. The van der Waals surface area contributed by atoms with Gasteiger partial charge in [-0.3, -0.25) is 0 Å². The summed E-state index contributed by atoms with van der Waals surface area (Å²) in [6.45, 7) is 0. The van der Waals surface area contributed by atoms with Gasteiger partial charge in [-0.15, -0.1) is 0 Å². The van der Waals surface area contributed by atoms with Gasteiger partial charge in [0.05, 0.1) is 0 Å². The molecule has 0 aromatic heterocycles. The van der Waals surface area contributed by atoms with Crippen molar-refractivity contribution in [2.75, 3.05) is 0 Å². The van der Waals surface area contributed by atoms with Gasteiger partial charge in [-0.05, 0) is 12.2 Å². The van der Waals surface area contributed by atoms with E-state index in [4.69, 9.17) is 0 Å². The summed E-state index contributed by atoms with van der Waals surface area (Å²) < 4.78 is 0. The Morgan fingerprint density at radius 2 is 1.29 bits per heavy atom. The molecule has 0 bridgehead atoms. The third-order valence-electron chi connectivity index (χ3n) is 3.26. The van der Waals surface area contributed by atoms with E-state index < -0.39 is 22.7 Å². The molecule has 4 atom stereocenters. The van der Waals surface area contributed by atoms with Crippen molar-refractivity contribution in [3.05, 3.63) is 59.8 Å². The van der Waals surface area contributed by atoms with Crippen LogP contribution in [0.5, 0.6) is 0 Å². The molecule has 0 radical (unpaired) electrons. The van der Waals surface area contributed by atoms with Gasteiger partial charge in [-0.25, -0.2) is 9.59 Å². The van der Waals surface area contributed by atoms with Gasteiger partial charge < -0.3 is 10.2 Å². The van der Waals surface area contributed by atoms with Gasteiger partial charge in [0.2, 0.25) is 0 Å². The number of hydrogen-bond acceptors (Lipinski definition) is 5. The van der Waals surface area contributed by atoms with Crippen molar-refractivity contribution in [1.82, 2.24) is 0 Å². The zero-order valence-corrected chi connectivity index (χ0v) is 11.9. The molecule has 0 aliphatic heterocycles. The summed E-state index contributed by atoms with van der Waals surface area (Å²) in [4.78, 5) is 21.7. The van der Waals surface area contributed by atoms with Crippen LogP contribution in [0.2, 0.25) is 0 Å². The molecule has 2 rings (SSSR count). The van der Waals surface area contributed by atoms with Crippen LogP contribution in [0.25, 0.3) is 0 Å². The molecule has 0 spiro atoms. The van der Waals surface area contributed by atoms with Crippen molar-refractivity contribution in [2.45, 2.75) is 10.9 Å². The van der Waals surface area contributed by atoms with Gasteiger partial charge >= 0.3 is 0 Å². The molecule has 108 valence electrons. The van der Waals surface area contributed by atoms with Crippen LogP contribution in [0.4, 0.5) is 0 Å². The minimum atomic E-state index is -1.01. The summed E-state index contributed by atoms with van der Waals surface area (Å²) in [5.41, 5.74) is -1.36. The first-order chi connectivity index (χ1) is 10.2. The molecule has 0 saturated heterocycles. The minimum Gasteiger partial charge on any atom is -0.381 e. The van der Waals surface area contributed by atoms with E-state index in [-0.39, 0.29) is 0 Å². The molecular weight excluding hydrogens is 288 g/mol. The molecule has 0 heterocycles. The summed E-state index contributed by atoms with van der Waals surface area (Å²) in [7, 11) is 0. The maximum Gasteiger partial charge on any atom is 0.128 e. The SMILES string of the molecule is O=C=C1C=CC=CC1C(O)SC(O)C1C=CC=CC1=C=O. The van der Waals surface area contributed by atoms with Crippen molar-refractivity contribution in [3.63, 3.8) is 0 Å². The first-order valence-corrected chi connectivity index (χ1v) is 7.33. The second-order valence-electron chi connectivity index (χ2n) is 4.57. The zero-order chi connectivity index (χ0) is 15.2. The largest absolute Gasteiger partial charge is 0.381 e. The predicted octanol–water partition coefficient (Wildman–Crippen LogP) is 1.36. The molecule has 4 unspecified atom stereocenters. The lowest BCUT2D eigenvalue weighted by molar-refractivity contribution is 0.205. The Labute approximate surface area is 126 Å². The molecule has 2 aliphatic rings. The van der Waals surface area contributed by atoms with Gasteiger partial charge in [0.25, 0.3) is 0 Å². The van der Waals surface area contributed by atoms with Gasteiger partial charge in [-0.2, -0.15) is 0 Å². The summed E-state index contributed by atoms with van der Waals surface area (Å²) in [5.74, 6) is 2.52. The Hall–Kier alpha value is -1.87. The van der Waals surface area contributed by atoms with Crippen molar-refractivity contribution in [2.24, 2.45) is 11.8 Å². The molecule has 0 amide bonds. The number of aliphatic hydroxyl groups excluding tert-OH is 2. The predicted molar refractivity (Wildman–Crippen MR) is 81.6 cm³/mol. The Morgan fingerprint density at radius 3 is 1.67 bits per heavy atom. The van der Waals surface area contributed by atoms with E-state index in [2.05, 4.69) is 0 Å². The summed E-state index contributed by atoms with van der Waals surface area (Å²) in [6, 6.07) is 0. The summed E-state index contributed by atoms with van der Waals surface area (Å²) in [6.07, 6.45) is 13.3. The number of carbonyl (C=O) groups excluding carboxylic acids is 2. The second kappa shape index (κ2) is 7.23. The van der Waals surface area contributed by atoms with Crippen LogP contribution in [0.3, 0.4) is 0 Å². The van der Waals surface area contributed by atoms with Crippen LogP contribution in [0.1, 0.15) is 0 Å². The molecule has 21 heavy (non-hydrogen) atoms. The third-order valence-corrected chi connectivity index (χ3v) is 4.40. The Balaban J connectivity index is 2.07. The van der Waals surface area contributed by atoms with Gasteiger partial charge in [0.15, 0.2) is 0 Å². The minimum absolute atomic E-state index is 0.329. The lowest BCUT2D eigenvalue weighted by Gasteiger charge is -2.26. The van der Waals surface area contributed by atoms with Crippen LogP contribution in [0.15, 0.2) is 59.8 Å². The highest BCUT2D eigenvalue weighted by Gasteiger charge is 2.29. The first-order valence-electron chi connectivity index (χ1n) is 6.38. The lowest BCUT2D eigenvalue weighted by Crippen LogP contribution is -2.26. The fourth-order valence-electron chi connectivity index (χ4n) is 2.13. The summed E-state index contributed by atoms with van der Waals surface area (Å²) >= 11 is 0.892. The van der Waals surface area contributed by atoms with Crippen LogP contribution in [0, 0.1) is 11.8 Å².